The molecule has 0 aliphatic carbocycles. The first-order chi connectivity index (χ1) is 14.5. The first kappa shape index (κ1) is 19.7. The highest BCUT2D eigenvalue weighted by Crippen LogP contribution is 2.29. The molecular formula is C21H20FN5O3. The number of hydrogen-bond donors (Lipinski definition) is 1. The molecule has 2 aromatic heterocycles. The Morgan fingerprint density at radius 2 is 2.10 bits per heavy atom. The summed E-state index contributed by atoms with van der Waals surface area (Å²) < 4.78 is 24.7. The van der Waals surface area contributed by atoms with E-state index in [1.54, 1.807) is 31.2 Å². The van der Waals surface area contributed by atoms with Gasteiger partial charge in [0.15, 0.2) is 5.76 Å². The molecule has 9 heteroatoms. The van der Waals surface area contributed by atoms with E-state index in [1.807, 2.05) is 9.80 Å². The van der Waals surface area contributed by atoms with Crippen molar-refractivity contribution in [2.75, 3.05) is 42.9 Å². The van der Waals surface area contributed by atoms with E-state index in [4.69, 9.17) is 8.83 Å². The molecule has 8 nitrogen and oxygen atoms in total. The van der Waals surface area contributed by atoms with Gasteiger partial charge in [-0.3, -0.25) is 9.69 Å². The molecule has 1 aromatic carbocycles. The first-order valence-corrected chi connectivity index (χ1v) is 9.51. The number of nitrogens with one attached hydrogen (secondary N) is 1. The predicted octanol–water partition coefficient (Wildman–Crippen LogP) is 3.01. The number of aromatic nitrogens is 1. The van der Waals surface area contributed by atoms with Crippen molar-refractivity contribution in [3.63, 3.8) is 0 Å². The van der Waals surface area contributed by atoms with Gasteiger partial charge in [0.2, 0.25) is 17.5 Å². The number of nitrogens with zero attached hydrogens (tertiary/aromatic N) is 4. The molecule has 1 aliphatic rings. The molecule has 0 atom stereocenters. The van der Waals surface area contributed by atoms with Crippen LogP contribution >= 0.6 is 0 Å². The number of anilines is 2. The van der Waals surface area contributed by atoms with E-state index in [2.05, 4.69) is 16.4 Å². The van der Waals surface area contributed by atoms with Crippen LogP contribution in [0.3, 0.4) is 0 Å². The van der Waals surface area contributed by atoms with Gasteiger partial charge in [0.1, 0.15) is 11.9 Å². The number of halogens is 1. The lowest BCUT2D eigenvalue weighted by atomic mass is 10.2. The number of oxazole rings is 1. The Bertz CT molecular complexity index is 1080. The summed E-state index contributed by atoms with van der Waals surface area (Å²) in [4.78, 5) is 20.4. The van der Waals surface area contributed by atoms with Gasteiger partial charge in [0.05, 0.1) is 12.8 Å². The zero-order chi connectivity index (χ0) is 21.1. The summed E-state index contributed by atoms with van der Waals surface area (Å²) in [5.74, 6) is 0.572. The van der Waals surface area contributed by atoms with Crippen LogP contribution in [-0.2, 0) is 4.79 Å². The smallest absolute Gasteiger partial charge is 0.266 e. The maximum atomic E-state index is 13.6. The van der Waals surface area contributed by atoms with Crippen molar-refractivity contribution in [3.05, 3.63) is 53.7 Å². The second-order valence-electron chi connectivity index (χ2n) is 7.04. The van der Waals surface area contributed by atoms with E-state index < -0.39 is 0 Å². The zero-order valence-corrected chi connectivity index (χ0v) is 16.4. The maximum Gasteiger partial charge on any atom is 0.266 e. The monoisotopic (exact) mass is 409 g/mol. The number of furan rings is 1. The Morgan fingerprint density at radius 3 is 2.77 bits per heavy atom. The maximum absolute atomic E-state index is 13.6. The molecule has 3 aromatic rings. The number of carbonyl (C=O) groups excluding carboxylic acids is 1. The summed E-state index contributed by atoms with van der Waals surface area (Å²) in [5, 5.41) is 12.1. The SMILES string of the molecule is Cc1ccc(NC(=O)CN2CCN(c3oc(-c4ccco4)nc3C#N)CC2)cc1F. The van der Waals surface area contributed by atoms with Crippen LogP contribution < -0.4 is 10.2 Å². The number of aryl methyl sites for hydroxylation is 1. The number of piperazine rings is 1. The Balaban J connectivity index is 1.34. The normalized spacial score (nSPS) is 14.5. The lowest BCUT2D eigenvalue weighted by Gasteiger charge is -2.34. The lowest BCUT2D eigenvalue weighted by Crippen LogP contribution is -2.48. The van der Waals surface area contributed by atoms with E-state index in [0.29, 0.717) is 49.1 Å². The van der Waals surface area contributed by atoms with E-state index >= 15 is 0 Å². The van der Waals surface area contributed by atoms with Crippen molar-refractivity contribution in [3.8, 4) is 17.7 Å². The van der Waals surface area contributed by atoms with Crippen molar-refractivity contribution in [2.45, 2.75) is 6.92 Å². The minimum Gasteiger partial charge on any atom is -0.459 e. The molecule has 30 heavy (non-hydrogen) atoms. The first-order valence-electron chi connectivity index (χ1n) is 9.51. The van der Waals surface area contributed by atoms with Crippen LogP contribution in [-0.4, -0.2) is 48.5 Å². The highest BCUT2D eigenvalue weighted by molar-refractivity contribution is 5.92. The van der Waals surface area contributed by atoms with E-state index in [0.717, 1.165) is 0 Å². The number of hydrogen-bond acceptors (Lipinski definition) is 7. The summed E-state index contributed by atoms with van der Waals surface area (Å²) in [7, 11) is 0. The van der Waals surface area contributed by atoms with Gasteiger partial charge in [-0.25, -0.2) is 4.39 Å². The molecule has 154 valence electrons. The van der Waals surface area contributed by atoms with Gasteiger partial charge in [-0.05, 0) is 36.8 Å². The number of nitriles is 1. The Morgan fingerprint density at radius 1 is 1.30 bits per heavy atom. The van der Waals surface area contributed by atoms with Crippen LogP contribution in [0.5, 0.6) is 0 Å². The van der Waals surface area contributed by atoms with Crippen LogP contribution in [0.25, 0.3) is 11.7 Å². The van der Waals surface area contributed by atoms with Gasteiger partial charge in [0.25, 0.3) is 5.89 Å². The molecule has 0 saturated carbocycles. The molecule has 1 saturated heterocycles. The van der Waals surface area contributed by atoms with Crippen LogP contribution in [0.4, 0.5) is 16.0 Å². The molecule has 1 amide bonds. The number of amides is 1. The molecule has 4 rings (SSSR count). The Hall–Kier alpha value is -3.64. The number of benzene rings is 1. The fraction of sp³-hybridized carbons (Fsp3) is 0.286. The number of carbonyl (C=O) groups is 1. The second kappa shape index (κ2) is 8.39. The standard InChI is InChI=1S/C21H20FN5O3/c1-14-4-5-15(11-16(14)22)24-19(28)13-26-6-8-27(9-7-26)21-17(12-23)25-20(30-21)18-3-2-10-29-18/h2-5,10-11H,6-9,13H2,1H3,(H,24,28). The fourth-order valence-corrected chi connectivity index (χ4v) is 3.29. The van der Waals surface area contributed by atoms with E-state index in [-0.39, 0.29) is 29.9 Å². The van der Waals surface area contributed by atoms with Crippen molar-refractivity contribution >= 4 is 17.5 Å². The average Bonchev–Trinajstić information content (AvgIpc) is 3.41. The van der Waals surface area contributed by atoms with Crippen molar-refractivity contribution < 1.29 is 18.0 Å². The van der Waals surface area contributed by atoms with Crippen molar-refractivity contribution in [2.24, 2.45) is 0 Å². The Labute approximate surface area is 172 Å². The summed E-state index contributed by atoms with van der Waals surface area (Å²) in [6, 6.07) is 10.1. The summed E-state index contributed by atoms with van der Waals surface area (Å²) in [5.41, 5.74) is 1.17. The van der Waals surface area contributed by atoms with Gasteiger partial charge in [0, 0.05) is 31.9 Å². The van der Waals surface area contributed by atoms with Gasteiger partial charge in [-0.2, -0.15) is 10.2 Å². The summed E-state index contributed by atoms with van der Waals surface area (Å²) in [6.07, 6.45) is 1.51. The van der Waals surface area contributed by atoms with Crippen LogP contribution in [0.2, 0.25) is 0 Å². The van der Waals surface area contributed by atoms with Crippen LogP contribution in [0, 0.1) is 24.1 Å². The summed E-state index contributed by atoms with van der Waals surface area (Å²) >= 11 is 0. The molecule has 0 spiro atoms. The van der Waals surface area contributed by atoms with E-state index in [9.17, 15) is 14.4 Å². The van der Waals surface area contributed by atoms with Crippen molar-refractivity contribution in [1.82, 2.24) is 9.88 Å². The molecule has 0 radical (unpaired) electrons. The van der Waals surface area contributed by atoms with Crippen molar-refractivity contribution in [1.29, 1.82) is 5.26 Å². The predicted molar refractivity (Wildman–Crippen MR) is 107 cm³/mol. The molecular weight excluding hydrogens is 389 g/mol. The highest BCUT2D eigenvalue weighted by atomic mass is 19.1. The molecule has 0 unspecified atom stereocenters. The minimum absolute atomic E-state index is 0.197. The molecule has 1 fully saturated rings. The van der Waals surface area contributed by atoms with Gasteiger partial charge in [-0.1, -0.05) is 6.07 Å². The molecule has 0 bridgehead atoms. The molecule has 1 N–H and O–H groups in total. The van der Waals surface area contributed by atoms with Crippen LogP contribution in [0.1, 0.15) is 11.3 Å². The third kappa shape index (κ3) is 4.18. The molecule has 1 aliphatic heterocycles. The molecule has 3 heterocycles. The van der Waals surface area contributed by atoms with Crippen LogP contribution in [0.15, 0.2) is 45.4 Å². The quantitative estimate of drug-likeness (QED) is 0.692. The average molecular weight is 409 g/mol. The zero-order valence-electron chi connectivity index (χ0n) is 16.4. The highest BCUT2D eigenvalue weighted by Gasteiger charge is 2.26. The van der Waals surface area contributed by atoms with Gasteiger partial charge < -0.3 is 19.1 Å². The largest absolute Gasteiger partial charge is 0.459 e. The second-order valence-corrected chi connectivity index (χ2v) is 7.04. The third-order valence-electron chi connectivity index (χ3n) is 4.93. The summed E-state index contributed by atoms with van der Waals surface area (Å²) in [6.45, 7) is 4.24. The number of rotatable bonds is 5. The minimum atomic E-state index is -0.351. The fourth-order valence-electron chi connectivity index (χ4n) is 3.29. The topological polar surface area (TPSA) is 98.5 Å². The van der Waals surface area contributed by atoms with E-state index in [1.165, 1.54) is 12.3 Å². The lowest BCUT2D eigenvalue weighted by molar-refractivity contribution is -0.117. The Kier molecular flexibility index (Phi) is 5.50. The van der Waals surface area contributed by atoms with Gasteiger partial charge >= 0.3 is 0 Å². The third-order valence-corrected chi connectivity index (χ3v) is 4.93. The van der Waals surface area contributed by atoms with Gasteiger partial charge in [-0.15, -0.1) is 0 Å².